The highest BCUT2D eigenvalue weighted by Gasteiger charge is 2.14. The Morgan fingerprint density at radius 1 is 0.442 bits per heavy atom. The molecule has 0 aliphatic carbocycles. The third kappa shape index (κ3) is 4.86. The SMILES string of the molecule is c1ccc(N(c2ccc(-c3ccc(-c4nc5ccccc5s4)cc3)cc2)c2ccc(-c3nc4ccccc4o3)cc2)cc1. The maximum Gasteiger partial charge on any atom is 0.227 e. The lowest BCUT2D eigenvalue weighted by atomic mass is 10.0. The van der Waals surface area contributed by atoms with Gasteiger partial charge in [-0.1, -0.05) is 78.9 Å². The Morgan fingerprint density at radius 3 is 1.65 bits per heavy atom. The van der Waals surface area contributed by atoms with Crippen LogP contribution in [0.15, 0.2) is 156 Å². The second-order valence-corrected chi connectivity index (χ2v) is 11.3. The molecule has 0 aliphatic rings. The minimum Gasteiger partial charge on any atom is -0.436 e. The summed E-state index contributed by atoms with van der Waals surface area (Å²) in [5, 5.41) is 1.05. The van der Waals surface area contributed by atoms with Gasteiger partial charge in [0.1, 0.15) is 10.5 Å². The van der Waals surface area contributed by atoms with Crippen molar-refractivity contribution in [1.29, 1.82) is 0 Å². The molecule has 0 unspecified atom stereocenters. The predicted octanol–water partition coefficient (Wildman–Crippen LogP) is 10.9. The van der Waals surface area contributed by atoms with Crippen LogP contribution >= 0.6 is 11.3 Å². The van der Waals surface area contributed by atoms with Gasteiger partial charge in [0.25, 0.3) is 0 Å². The topological polar surface area (TPSA) is 42.2 Å². The standard InChI is InChI=1S/C38H25N3OS/c1-2-8-30(9-3-1)41(32-24-20-28(21-25-32)37-39-33-10-4-6-12-35(33)42-37)31-22-18-27(19-23-31)26-14-16-29(17-15-26)38-40-34-11-5-7-13-36(34)43-38/h1-25H. The van der Waals surface area contributed by atoms with E-state index in [0.717, 1.165) is 49.8 Å². The number of benzene rings is 6. The first-order valence-corrected chi connectivity index (χ1v) is 15.0. The molecule has 5 heteroatoms. The molecule has 0 bridgehead atoms. The van der Waals surface area contributed by atoms with Gasteiger partial charge in [-0.3, -0.25) is 0 Å². The summed E-state index contributed by atoms with van der Waals surface area (Å²) in [6.07, 6.45) is 0. The van der Waals surface area contributed by atoms with Gasteiger partial charge in [0.15, 0.2) is 5.58 Å². The molecule has 0 aliphatic heterocycles. The fraction of sp³-hybridized carbons (Fsp3) is 0. The second-order valence-electron chi connectivity index (χ2n) is 10.3. The number of hydrogen-bond acceptors (Lipinski definition) is 5. The molecule has 0 saturated heterocycles. The van der Waals surface area contributed by atoms with E-state index in [-0.39, 0.29) is 0 Å². The minimum absolute atomic E-state index is 0.623. The fourth-order valence-corrected chi connectivity index (χ4v) is 6.35. The Bertz CT molecular complexity index is 2100. The number of hydrogen-bond donors (Lipinski definition) is 0. The molecule has 0 amide bonds. The third-order valence-electron chi connectivity index (χ3n) is 7.57. The average molecular weight is 572 g/mol. The Kier molecular flexibility index (Phi) is 6.28. The van der Waals surface area contributed by atoms with Crippen molar-refractivity contribution < 1.29 is 4.42 Å². The zero-order valence-electron chi connectivity index (χ0n) is 23.1. The van der Waals surface area contributed by atoms with Gasteiger partial charge in [-0.2, -0.15) is 0 Å². The first-order valence-electron chi connectivity index (χ1n) is 14.2. The minimum atomic E-state index is 0.623. The molecule has 6 aromatic carbocycles. The van der Waals surface area contributed by atoms with Crippen LogP contribution in [0.1, 0.15) is 0 Å². The van der Waals surface area contributed by atoms with E-state index in [2.05, 4.69) is 125 Å². The molecule has 43 heavy (non-hydrogen) atoms. The monoisotopic (exact) mass is 571 g/mol. The van der Waals surface area contributed by atoms with E-state index < -0.39 is 0 Å². The molecule has 2 aromatic heterocycles. The van der Waals surface area contributed by atoms with Crippen LogP contribution in [0.4, 0.5) is 17.1 Å². The van der Waals surface area contributed by atoms with E-state index in [0.29, 0.717) is 5.89 Å². The van der Waals surface area contributed by atoms with Gasteiger partial charge in [-0.25, -0.2) is 9.97 Å². The Hall–Kier alpha value is -5.52. The molecule has 204 valence electrons. The molecule has 8 rings (SSSR count). The van der Waals surface area contributed by atoms with Gasteiger partial charge >= 0.3 is 0 Å². The van der Waals surface area contributed by atoms with Crippen LogP contribution in [0.5, 0.6) is 0 Å². The number of fused-ring (bicyclic) bond motifs is 2. The molecule has 0 fully saturated rings. The van der Waals surface area contributed by atoms with Crippen LogP contribution in [0, 0.1) is 0 Å². The van der Waals surface area contributed by atoms with Gasteiger partial charge in [0, 0.05) is 28.2 Å². The summed E-state index contributed by atoms with van der Waals surface area (Å²) in [7, 11) is 0. The first kappa shape index (κ1) is 25.2. The predicted molar refractivity (Wildman–Crippen MR) is 178 cm³/mol. The van der Waals surface area contributed by atoms with Crippen molar-refractivity contribution in [2.75, 3.05) is 4.90 Å². The first-order chi connectivity index (χ1) is 21.3. The lowest BCUT2D eigenvalue weighted by Gasteiger charge is -2.25. The lowest BCUT2D eigenvalue weighted by Crippen LogP contribution is -2.09. The van der Waals surface area contributed by atoms with E-state index in [9.17, 15) is 0 Å². The fourth-order valence-electron chi connectivity index (χ4n) is 5.38. The van der Waals surface area contributed by atoms with E-state index in [4.69, 9.17) is 9.40 Å². The number of nitrogens with zero attached hydrogens (tertiary/aromatic N) is 3. The Morgan fingerprint density at radius 2 is 0.977 bits per heavy atom. The number of para-hydroxylation sites is 4. The second kappa shape index (κ2) is 10.7. The lowest BCUT2D eigenvalue weighted by molar-refractivity contribution is 0.620. The summed E-state index contributed by atoms with van der Waals surface area (Å²) >= 11 is 1.73. The van der Waals surface area contributed by atoms with Gasteiger partial charge < -0.3 is 9.32 Å². The highest BCUT2D eigenvalue weighted by molar-refractivity contribution is 7.21. The maximum atomic E-state index is 6.00. The van der Waals surface area contributed by atoms with Crippen LogP contribution in [0.2, 0.25) is 0 Å². The van der Waals surface area contributed by atoms with Gasteiger partial charge in [0.05, 0.1) is 10.2 Å². The average Bonchev–Trinajstić information content (AvgIpc) is 3.71. The van der Waals surface area contributed by atoms with Crippen molar-refractivity contribution in [3.63, 3.8) is 0 Å². The Balaban J connectivity index is 1.08. The molecule has 0 spiro atoms. The van der Waals surface area contributed by atoms with Gasteiger partial charge in [-0.15, -0.1) is 11.3 Å². The third-order valence-corrected chi connectivity index (χ3v) is 8.65. The van der Waals surface area contributed by atoms with Crippen molar-refractivity contribution in [3.8, 4) is 33.2 Å². The number of rotatable bonds is 6. The number of anilines is 3. The van der Waals surface area contributed by atoms with Crippen LogP contribution in [-0.4, -0.2) is 9.97 Å². The molecule has 2 heterocycles. The van der Waals surface area contributed by atoms with E-state index >= 15 is 0 Å². The van der Waals surface area contributed by atoms with Crippen molar-refractivity contribution in [2.45, 2.75) is 0 Å². The van der Waals surface area contributed by atoms with Crippen LogP contribution < -0.4 is 4.90 Å². The quantitative estimate of drug-likeness (QED) is 0.199. The molecule has 0 N–H and O–H groups in total. The highest BCUT2D eigenvalue weighted by Crippen LogP contribution is 2.37. The molecule has 4 nitrogen and oxygen atoms in total. The number of aromatic nitrogens is 2. The number of oxazole rings is 1. The molecule has 0 saturated carbocycles. The van der Waals surface area contributed by atoms with E-state index in [1.807, 2.05) is 36.4 Å². The van der Waals surface area contributed by atoms with E-state index in [1.54, 1.807) is 11.3 Å². The highest BCUT2D eigenvalue weighted by atomic mass is 32.1. The van der Waals surface area contributed by atoms with Crippen LogP contribution in [0.3, 0.4) is 0 Å². The molecule has 8 aromatic rings. The van der Waals surface area contributed by atoms with Crippen molar-refractivity contribution >= 4 is 49.7 Å². The summed E-state index contributed by atoms with van der Waals surface area (Å²) in [5.41, 5.74) is 10.3. The zero-order valence-corrected chi connectivity index (χ0v) is 23.9. The normalized spacial score (nSPS) is 11.3. The summed E-state index contributed by atoms with van der Waals surface area (Å²) in [6.45, 7) is 0. The summed E-state index contributed by atoms with van der Waals surface area (Å²) in [5.74, 6) is 0.623. The number of thiazole rings is 1. The van der Waals surface area contributed by atoms with Gasteiger partial charge in [0.2, 0.25) is 5.89 Å². The molecule has 0 atom stereocenters. The maximum absolute atomic E-state index is 6.00. The molecular formula is C38H25N3OS. The largest absolute Gasteiger partial charge is 0.436 e. The molecular weight excluding hydrogens is 547 g/mol. The summed E-state index contributed by atoms with van der Waals surface area (Å²) in [6, 6.07) is 52.3. The van der Waals surface area contributed by atoms with E-state index in [1.165, 1.54) is 15.8 Å². The van der Waals surface area contributed by atoms with Crippen LogP contribution in [0.25, 0.3) is 54.5 Å². The smallest absolute Gasteiger partial charge is 0.227 e. The Labute approximate surface area is 253 Å². The van der Waals surface area contributed by atoms with Crippen molar-refractivity contribution in [3.05, 3.63) is 152 Å². The summed E-state index contributed by atoms with van der Waals surface area (Å²) in [4.78, 5) is 11.7. The van der Waals surface area contributed by atoms with Gasteiger partial charge in [-0.05, 0) is 83.9 Å². The summed E-state index contributed by atoms with van der Waals surface area (Å²) < 4.78 is 7.21. The van der Waals surface area contributed by atoms with Crippen LogP contribution in [-0.2, 0) is 0 Å². The van der Waals surface area contributed by atoms with Crippen molar-refractivity contribution in [1.82, 2.24) is 9.97 Å². The van der Waals surface area contributed by atoms with Crippen molar-refractivity contribution in [2.24, 2.45) is 0 Å². The molecule has 0 radical (unpaired) electrons. The zero-order chi connectivity index (χ0) is 28.6.